The summed E-state index contributed by atoms with van der Waals surface area (Å²) in [6.07, 6.45) is 1.46. The molecule has 0 spiro atoms. The van der Waals surface area contributed by atoms with Crippen molar-refractivity contribution in [1.82, 2.24) is 0 Å². The van der Waals surface area contributed by atoms with Crippen LogP contribution in [0, 0.1) is 5.82 Å². The smallest absolute Gasteiger partial charge is 0.128 e. The number of halogens is 3. The Kier molecular flexibility index (Phi) is 6.85. The van der Waals surface area contributed by atoms with E-state index in [0.717, 1.165) is 6.42 Å². The Bertz CT molecular complexity index is 307. The van der Waals surface area contributed by atoms with Gasteiger partial charge in [-0.25, -0.2) is 4.39 Å². The molecule has 2 nitrogen and oxygen atoms in total. The molecule has 0 heterocycles. The summed E-state index contributed by atoms with van der Waals surface area (Å²) in [6.45, 7) is 0.565. The Morgan fingerprint density at radius 3 is 2.67 bits per heavy atom. The van der Waals surface area contributed by atoms with Crippen LogP contribution in [0.3, 0.4) is 0 Å². The Morgan fingerprint density at radius 1 is 1.40 bits per heavy atom. The van der Waals surface area contributed by atoms with Crippen LogP contribution in [0.1, 0.15) is 24.4 Å². The normalized spacial score (nSPS) is 12.0. The zero-order valence-corrected chi connectivity index (χ0v) is 9.82. The topological polar surface area (TPSA) is 52.0 Å². The van der Waals surface area contributed by atoms with Gasteiger partial charge in [0.2, 0.25) is 0 Å². The fourth-order valence-electron chi connectivity index (χ4n) is 1.29. The molecule has 0 aliphatic heterocycles. The molecule has 0 radical (unpaired) electrons. The second kappa shape index (κ2) is 7.01. The van der Waals surface area contributed by atoms with Crippen molar-refractivity contribution in [3.8, 4) is 0 Å². The highest BCUT2D eigenvalue weighted by Crippen LogP contribution is 2.22. The molecule has 1 atom stereocenters. The first-order valence-corrected chi connectivity index (χ1v) is 4.93. The minimum Gasteiger partial charge on any atom is -0.330 e. The molecule has 15 heavy (non-hydrogen) atoms. The second-order valence-electron chi connectivity index (χ2n) is 3.20. The Balaban J connectivity index is 0.00000196. The molecule has 1 aromatic carbocycles. The molecule has 86 valence electrons. The maximum absolute atomic E-state index is 13.3. The Hall–Kier alpha value is -0.350. The van der Waals surface area contributed by atoms with Gasteiger partial charge in [-0.1, -0.05) is 11.6 Å². The average Bonchev–Trinajstić information content (AvgIpc) is 2.18. The third kappa shape index (κ3) is 4.34. The first-order chi connectivity index (χ1) is 6.65. The number of rotatable bonds is 4. The van der Waals surface area contributed by atoms with E-state index in [1.54, 1.807) is 6.07 Å². The largest absolute Gasteiger partial charge is 0.330 e. The molecule has 4 N–H and O–H groups in total. The minimum absolute atomic E-state index is 0. The SMILES string of the molecule is Cl.NCCC[C@H](N)c1cc(Cl)ccc1F. The highest BCUT2D eigenvalue weighted by atomic mass is 35.5. The zero-order chi connectivity index (χ0) is 10.6. The van der Waals surface area contributed by atoms with Crippen LogP contribution < -0.4 is 11.5 Å². The molecule has 0 unspecified atom stereocenters. The maximum atomic E-state index is 13.3. The van der Waals surface area contributed by atoms with E-state index in [2.05, 4.69) is 0 Å². The van der Waals surface area contributed by atoms with E-state index in [0.29, 0.717) is 23.6 Å². The Morgan fingerprint density at radius 2 is 2.07 bits per heavy atom. The summed E-state index contributed by atoms with van der Waals surface area (Å²) in [6, 6.07) is 4.09. The summed E-state index contributed by atoms with van der Waals surface area (Å²) in [5.74, 6) is -0.307. The highest BCUT2D eigenvalue weighted by Gasteiger charge is 2.11. The van der Waals surface area contributed by atoms with Crippen molar-refractivity contribution in [2.45, 2.75) is 18.9 Å². The lowest BCUT2D eigenvalue weighted by Crippen LogP contribution is -2.14. The summed E-state index contributed by atoms with van der Waals surface area (Å²) in [5, 5.41) is 0.504. The van der Waals surface area contributed by atoms with Crippen molar-refractivity contribution in [2.24, 2.45) is 11.5 Å². The molecule has 1 rings (SSSR count). The molecule has 0 aliphatic carbocycles. The van der Waals surface area contributed by atoms with E-state index in [1.807, 2.05) is 0 Å². The molecule has 1 aromatic rings. The lowest BCUT2D eigenvalue weighted by Gasteiger charge is -2.12. The van der Waals surface area contributed by atoms with Gasteiger partial charge in [0.05, 0.1) is 0 Å². The molecule has 0 amide bonds. The van der Waals surface area contributed by atoms with Crippen LogP contribution in [0.15, 0.2) is 18.2 Å². The van der Waals surface area contributed by atoms with Gasteiger partial charge in [0.15, 0.2) is 0 Å². The fourth-order valence-corrected chi connectivity index (χ4v) is 1.47. The molecule has 5 heteroatoms. The molecule has 0 aliphatic rings. The minimum atomic E-state index is -0.322. The Labute approximate surface area is 100 Å². The van der Waals surface area contributed by atoms with Gasteiger partial charge >= 0.3 is 0 Å². The summed E-state index contributed by atoms with van der Waals surface area (Å²) in [7, 11) is 0. The summed E-state index contributed by atoms with van der Waals surface area (Å²) < 4.78 is 13.3. The van der Waals surface area contributed by atoms with Crippen LogP contribution in [0.25, 0.3) is 0 Å². The van der Waals surface area contributed by atoms with Crippen LogP contribution in [-0.4, -0.2) is 6.54 Å². The molecule has 0 aromatic heterocycles. The number of nitrogens with two attached hydrogens (primary N) is 2. The highest BCUT2D eigenvalue weighted by molar-refractivity contribution is 6.30. The van der Waals surface area contributed by atoms with Crippen molar-refractivity contribution >= 4 is 24.0 Å². The van der Waals surface area contributed by atoms with E-state index >= 15 is 0 Å². The van der Waals surface area contributed by atoms with Crippen molar-refractivity contribution in [2.75, 3.05) is 6.54 Å². The van der Waals surface area contributed by atoms with Gasteiger partial charge in [-0.2, -0.15) is 0 Å². The third-order valence-electron chi connectivity index (χ3n) is 2.08. The summed E-state index contributed by atoms with van der Waals surface area (Å²) in [5.41, 5.74) is 11.6. The maximum Gasteiger partial charge on any atom is 0.128 e. The molecule has 0 saturated heterocycles. The monoisotopic (exact) mass is 252 g/mol. The van der Waals surface area contributed by atoms with E-state index in [9.17, 15) is 4.39 Å². The van der Waals surface area contributed by atoms with Crippen molar-refractivity contribution in [1.29, 1.82) is 0 Å². The van der Waals surface area contributed by atoms with Gasteiger partial charge in [-0.15, -0.1) is 12.4 Å². The predicted molar refractivity (Wildman–Crippen MR) is 63.9 cm³/mol. The van der Waals surface area contributed by atoms with Crippen LogP contribution in [-0.2, 0) is 0 Å². The lowest BCUT2D eigenvalue weighted by molar-refractivity contribution is 0.553. The lowest BCUT2D eigenvalue weighted by atomic mass is 10.0. The van der Waals surface area contributed by atoms with Gasteiger partial charge in [0.25, 0.3) is 0 Å². The fraction of sp³-hybridized carbons (Fsp3) is 0.400. The van der Waals surface area contributed by atoms with E-state index < -0.39 is 0 Å². The first kappa shape index (κ1) is 14.6. The third-order valence-corrected chi connectivity index (χ3v) is 2.31. The standard InChI is InChI=1S/C10H14ClFN2.ClH/c11-7-3-4-9(12)8(6-7)10(14)2-1-5-13;/h3-4,6,10H,1-2,5,13-14H2;1H/t10-;/m0./s1. The van der Waals surface area contributed by atoms with Crippen LogP contribution in [0.4, 0.5) is 4.39 Å². The van der Waals surface area contributed by atoms with Gasteiger partial charge < -0.3 is 11.5 Å². The van der Waals surface area contributed by atoms with Gasteiger partial charge in [0, 0.05) is 16.6 Å². The van der Waals surface area contributed by atoms with Crippen LogP contribution in [0.2, 0.25) is 5.02 Å². The molecular formula is C10H15Cl2FN2. The quantitative estimate of drug-likeness (QED) is 0.866. The molecule has 0 saturated carbocycles. The molecule has 0 fully saturated rings. The van der Waals surface area contributed by atoms with Crippen LogP contribution >= 0.6 is 24.0 Å². The van der Waals surface area contributed by atoms with E-state index in [1.165, 1.54) is 12.1 Å². The van der Waals surface area contributed by atoms with Gasteiger partial charge in [-0.05, 0) is 37.6 Å². The van der Waals surface area contributed by atoms with Crippen LogP contribution in [0.5, 0.6) is 0 Å². The summed E-state index contributed by atoms with van der Waals surface area (Å²) in [4.78, 5) is 0. The van der Waals surface area contributed by atoms with Crippen molar-refractivity contribution in [3.05, 3.63) is 34.6 Å². The first-order valence-electron chi connectivity index (χ1n) is 4.55. The molecule has 0 bridgehead atoms. The summed E-state index contributed by atoms with van der Waals surface area (Å²) >= 11 is 5.75. The second-order valence-corrected chi connectivity index (χ2v) is 3.64. The van der Waals surface area contributed by atoms with E-state index in [-0.39, 0.29) is 24.3 Å². The van der Waals surface area contributed by atoms with Gasteiger partial charge in [-0.3, -0.25) is 0 Å². The number of hydrogen-bond acceptors (Lipinski definition) is 2. The predicted octanol–water partition coefficient (Wildman–Crippen LogP) is 2.64. The van der Waals surface area contributed by atoms with Gasteiger partial charge in [0.1, 0.15) is 5.82 Å². The number of hydrogen-bond donors (Lipinski definition) is 2. The van der Waals surface area contributed by atoms with Crippen molar-refractivity contribution < 1.29 is 4.39 Å². The van der Waals surface area contributed by atoms with E-state index in [4.69, 9.17) is 23.1 Å². The average molecular weight is 253 g/mol. The zero-order valence-electron chi connectivity index (χ0n) is 8.25. The molecular weight excluding hydrogens is 238 g/mol. The van der Waals surface area contributed by atoms with Crippen molar-refractivity contribution in [3.63, 3.8) is 0 Å². The number of benzene rings is 1.